The maximum Gasteiger partial charge on any atom is 0.287 e. The third-order valence-corrected chi connectivity index (χ3v) is 8.65. The van der Waals surface area contributed by atoms with Gasteiger partial charge in [0.15, 0.2) is 5.82 Å². The van der Waals surface area contributed by atoms with Crippen molar-refractivity contribution in [2.75, 3.05) is 36.0 Å². The van der Waals surface area contributed by atoms with Crippen LogP contribution in [0.25, 0.3) is 0 Å². The van der Waals surface area contributed by atoms with E-state index in [0.717, 1.165) is 6.42 Å². The molecule has 0 aromatic carbocycles. The molecule has 0 saturated heterocycles. The van der Waals surface area contributed by atoms with Crippen LogP contribution in [0.5, 0.6) is 0 Å². The lowest BCUT2D eigenvalue weighted by molar-refractivity contribution is 0.0933. The smallest absolute Gasteiger partial charge is 0.287 e. The standard InChI is InChI=1S/C34H50N16O3/c1-7-10-38-32(53)29-43-24(17-48(29)4)22(35)8-11-39-30(51)26-13-20(15-46(26)2)41-33-44-25(18-49(33)5)23(36)9-12-40-31(52)27-14-21(16-47(27)3)42-34-45-28(37)19-50(34)6/h13-19,22-23H,7-12,35-37H2,1-6H3,(H,38,53)(H,39,51)(H,40,52)(H,41,44)(H,42,45). The number of nitrogens with one attached hydrogen (secondary N) is 5. The van der Waals surface area contributed by atoms with Gasteiger partial charge < -0.3 is 66.6 Å². The molecule has 5 heterocycles. The molecule has 5 aromatic heterocycles. The van der Waals surface area contributed by atoms with Crippen LogP contribution in [0, 0.1) is 0 Å². The van der Waals surface area contributed by atoms with E-state index >= 15 is 0 Å². The van der Waals surface area contributed by atoms with Crippen LogP contribution < -0.4 is 43.8 Å². The lowest BCUT2D eigenvalue weighted by atomic mass is 10.1. The number of carbonyl (C=O) groups excluding carboxylic acids is 3. The molecule has 284 valence electrons. The lowest BCUT2D eigenvalue weighted by Crippen LogP contribution is -2.28. The summed E-state index contributed by atoms with van der Waals surface area (Å²) in [4.78, 5) is 51.6. The Labute approximate surface area is 307 Å². The first-order chi connectivity index (χ1) is 25.2. The highest BCUT2D eigenvalue weighted by Crippen LogP contribution is 2.22. The fourth-order valence-electron chi connectivity index (χ4n) is 5.72. The second-order valence-electron chi connectivity index (χ2n) is 13.1. The number of carbonyl (C=O) groups is 3. The topological polar surface area (TPSA) is 253 Å². The van der Waals surface area contributed by atoms with E-state index in [2.05, 4.69) is 41.5 Å². The Morgan fingerprint density at radius 3 is 1.60 bits per heavy atom. The molecular formula is C34H50N16O3. The van der Waals surface area contributed by atoms with Crippen molar-refractivity contribution in [2.45, 2.75) is 38.3 Å². The van der Waals surface area contributed by atoms with Gasteiger partial charge in [0.25, 0.3) is 17.7 Å². The molecule has 19 heteroatoms. The predicted octanol–water partition coefficient (Wildman–Crippen LogP) is 1.41. The minimum atomic E-state index is -0.460. The van der Waals surface area contributed by atoms with Crippen LogP contribution in [0.4, 0.5) is 29.1 Å². The van der Waals surface area contributed by atoms with Crippen molar-refractivity contribution in [3.63, 3.8) is 0 Å². The predicted molar refractivity (Wildman–Crippen MR) is 202 cm³/mol. The molecule has 0 radical (unpaired) electrons. The average Bonchev–Trinajstić information content (AvgIpc) is 3.92. The Hall–Kier alpha value is -6.08. The Morgan fingerprint density at radius 1 is 0.623 bits per heavy atom. The van der Waals surface area contributed by atoms with Crippen LogP contribution in [0.2, 0.25) is 0 Å². The van der Waals surface area contributed by atoms with Gasteiger partial charge in [-0.3, -0.25) is 14.4 Å². The quantitative estimate of drug-likeness (QED) is 0.0679. The van der Waals surface area contributed by atoms with E-state index in [0.29, 0.717) is 90.2 Å². The van der Waals surface area contributed by atoms with E-state index in [1.54, 1.807) is 76.3 Å². The molecule has 0 fully saturated rings. The zero-order valence-corrected chi connectivity index (χ0v) is 31.0. The number of nitrogens with zero attached hydrogens (tertiary/aromatic N) is 8. The molecule has 19 nitrogen and oxygen atoms in total. The second-order valence-corrected chi connectivity index (χ2v) is 13.1. The summed E-state index contributed by atoms with van der Waals surface area (Å²) in [6.45, 7) is 3.20. The fourth-order valence-corrected chi connectivity index (χ4v) is 5.72. The van der Waals surface area contributed by atoms with E-state index in [9.17, 15) is 14.4 Å². The molecule has 2 unspecified atom stereocenters. The highest BCUT2D eigenvalue weighted by Gasteiger charge is 2.20. The first kappa shape index (κ1) is 38.2. The number of amides is 3. The number of nitrogens with two attached hydrogens (primary N) is 3. The molecule has 11 N–H and O–H groups in total. The minimum Gasteiger partial charge on any atom is -0.382 e. The van der Waals surface area contributed by atoms with Crippen molar-refractivity contribution in [1.82, 2.24) is 53.7 Å². The number of nitrogen functional groups attached to an aromatic ring is 1. The molecule has 0 spiro atoms. The zero-order chi connectivity index (χ0) is 38.4. The Kier molecular flexibility index (Phi) is 11.9. The number of hydrogen-bond acceptors (Lipinski definition) is 11. The average molecular weight is 731 g/mol. The number of imidazole rings is 3. The van der Waals surface area contributed by atoms with Crippen LogP contribution in [-0.4, -0.2) is 75.1 Å². The van der Waals surface area contributed by atoms with Gasteiger partial charge in [0.05, 0.1) is 34.8 Å². The van der Waals surface area contributed by atoms with Crippen molar-refractivity contribution >= 4 is 46.8 Å². The molecule has 0 aliphatic carbocycles. The van der Waals surface area contributed by atoms with Gasteiger partial charge >= 0.3 is 0 Å². The van der Waals surface area contributed by atoms with Crippen molar-refractivity contribution < 1.29 is 14.4 Å². The molecule has 0 bridgehead atoms. The van der Waals surface area contributed by atoms with Crippen molar-refractivity contribution in [3.8, 4) is 0 Å². The summed E-state index contributed by atoms with van der Waals surface area (Å²) in [7, 11) is 8.99. The molecule has 53 heavy (non-hydrogen) atoms. The normalized spacial score (nSPS) is 12.4. The molecule has 3 amide bonds. The first-order valence-corrected chi connectivity index (χ1v) is 17.3. The summed E-state index contributed by atoms with van der Waals surface area (Å²) < 4.78 is 8.67. The van der Waals surface area contributed by atoms with Crippen molar-refractivity contribution in [3.05, 3.63) is 71.7 Å². The third-order valence-electron chi connectivity index (χ3n) is 8.65. The maximum atomic E-state index is 13.1. The molecular weight excluding hydrogens is 680 g/mol. The van der Waals surface area contributed by atoms with Crippen LogP contribution in [-0.2, 0) is 35.2 Å². The first-order valence-electron chi connectivity index (χ1n) is 17.3. The molecule has 5 rings (SSSR count). The van der Waals surface area contributed by atoms with Crippen LogP contribution >= 0.6 is 0 Å². The minimum absolute atomic E-state index is 0.238. The van der Waals surface area contributed by atoms with E-state index in [1.165, 1.54) is 0 Å². The summed E-state index contributed by atoms with van der Waals surface area (Å²) in [5.74, 6) is 1.04. The maximum absolute atomic E-state index is 13.1. The van der Waals surface area contributed by atoms with Gasteiger partial charge in [-0.25, -0.2) is 9.97 Å². The summed E-state index contributed by atoms with van der Waals surface area (Å²) in [6, 6.07) is 2.58. The summed E-state index contributed by atoms with van der Waals surface area (Å²) in [5.41, 5.74) is 22.1. The van der Waals surface area contributed by atoms with Gasteiger partial charge in [-0.2, -0.15) is 4.98 Å². The van der Waals surface area contributed by atoms with Gasteiger partial charge in [-0.15, -0.1) is 0 Å². The van der Waals surface area contributed by atoms with E-state index < -0.39 is 12.1 Å². The summed E-state index contributed by atoms with van der Waals surface area (Å²) in [5, 5.41) is 15.1. The molecule has 5 aromatic rings. The number of aromatic nitrogens is 8. The van der Waals surface area contributed by atoms with Gasteiger partial charge in [0.1, 0.15) is 17.2 Å². The van der Waals surface area contributed by atoms with Gasteiger partial charge in [-0.1, -0.05) is 6.92 Å². The number of aryl methyl sites for hydroxylation is 5. The summed E-state index contributed by atoms with van der Waals surface area (Å²) in [6.07, 6.45) is 10.6. The summed E-state index contributed by atoms with van der Waals surface area (Å²) >= 11 is 0. The van der Waals surface area contributed by atoms with Gasteiger partial charge in [-0.05, 0) is 31.4 Å². The zero-order valence-electron chi connectivity index (χ0n) is 31.0. The Morgan fingerprint density at radius 2 is 1.09 bits per heavy atom. The highest BCUT2D eigenvalue weighted by atomic mass is 16.2. The van der Waals surface area contributed by atoms with Crippen molar-refractivity contribution in [2.24, 2.45) is 46.7 Å². The second kappa shape index (κ2) is 16.5. The van der Waals surface area contributed by atoms with E-state index in [-0.39, 0.29) is 17.7 Å². The fraction of sp³-hybridized carbons (Fsp3) is 0.412. The molecule has 0 saturated carbocycles. The van der Waals surface area contributed by atoms with E-state index in [4.69, 9.17) is 17.2 Å². The number of anilines is 5. The Bertz CT molecular complexity index is 2060. The SMILES string of the molecule is CCCNC(=O)c1nc(C(N)CCNC(=O)c2cc(Nc3nc(C(N)CCNC(=O)c4cc(Nc5nc(N)cn5C)cn4C)cn3C)cn2C)cn1C. The molecule has 2 atom stereocenters. The van der Waals surface area contributed by atoms with E-state index in [1.807, 2.05) is 31.8 Å². The van der Waals surface area contributed by atoms with Gasteiger partial charge in [0, 0.05) is 85.9 Å². The van der Waals surface area contributed by atoms with Crippen LogP contribution in [0.15, 0.2) is 43.1 Å². The van der Waals surface area contributed by atoms with Crippen LogP contribution in [0.3, 0.4) is 0 Å². The highest BCUT2D eigenvalue weighted by molar-refractivity contribution is 5.94. The number of rotatable bonds is 17. The molecule has 0 aliphatic heterocycles. The third kappa shape index (κ3) is 9.24. The molecule has 0 aliphatic rings. The largest absolute Gasteiger partial charge is 0.382 e. The monoisotopic (exact) mass is 730 g/mol. The lowest BCUT2D eigenvalue weighted by Gasteiger charge is -2.10. The van der Waals surface area contributed by atoms with Crippen LogP contribution in [0.1, 0.15) is 81.3 Å². The Balaban J connectivity index is 1.09. The van der Waals surface area contributed by atoms with Gasteiger partial charge in [0.2, 0.25) is 11.9 Å². The number of hydrogen-bond donors (Lipinski definition) is 8. The van der Waals surface area contributed by atoms with Crippen molar-refractivity contribution in [1.29, 1.82) is 0 Å².